The van der Waals surface area contributed by atoms with E-state index >= 15 is 0 Å². The molecule has 0 unspecified atom stereocenters. The van der Waals surface area contributed by atoms with Crippen LogP contribution in [-0.4, -0.2) is 26.3 Å². The van der Waals surface area contributed by atoms with Crippen molar-refractivity contribution in [3.05, 3.63) is 0 Å². The lowest BCUT2D eigenvalue weighted by Crippen LogP contribution is -2.21. The van der Waals surface area contributed by atoms with Crippen molar-refractivity contribution in [1.29, 1.82) is 5.26 Å². The molecule has 1 aliphatic rings. The van der Waals surface area contributed by atoms with Gasteiger partial charge >= 0.3 is 0 Å². The molecule has 0 spiro atoms. The molecule has 1 N–H and O–H groups in total. The molecule has 0 aromatic carbocycles. The van der Waals surface area contributed by atoms with Crippen molar-refractivity contribution in [3.63, 3.8) is 0 Å². The van der Waals surface area contributed by atoms with Gasteiger partial charge in [0.25, 0.3) is 0 Å². The highest BCUT2D eigenvalue weighted by atomic mass is 16.5. The van der Waals surface area contributed by atoms with Gasteiger partial charge in [0.2, 0.25) is 0 Å². The molecule has 0 heterocycles. The number of hydrogen-bond donors (Lipinski definition) is 1. The average Bonchev–Trinajstić information content (AvgIpc) is 2.99. The van der Waals surface area contributed by atoms with Gasteiger partial charge in [0.15, 0.2) is 0 Å². The molecule has 0 aromatic rings. The van der Waals surface area contributed by atoms with E-state index in [-0.39, 0.29) is 0 Å². The highest BCUT2D eigenvalue weighted by molar-refractivity contribution is 4.72. The lowest BCUT2D eigenvalue weighted by atomic mass is 10.2. The lowest BCUT2D eigenvalue weighted by molar-refractivity contribution is 0.126. The lowest BCUT2D eigenvalue weighted by Gasteiger charge is -2.04. The number of nitriles is 1. The average molecular weight is 196 g/mol. The summed E-state index contributed by atoms with van der Waals surface area (Å²) in [6.45, 7) is 3.73. The Morgan fingerprint density at radius 3 is 2.86 bits per heavy atom. The first-order valence-electron chi connectivity index (χ1n) is 5.59. The largest absolute Gasteiger partial charge is 0.380 e. The zero-order chi connectivity index (χ0) is 10.1. The molecule has 0 amide bonds. The van der Waals surface area contributed by atoms with Crippen molar-refractivity contribution in [2.45, 2.75) is 32.1 Å². The van der Waals surface area contributed by atoms with Crippen LogP contribution in [-0.2, 0) is 4.74 Å². The molecule has 1 saturated carbocycles. The fraction of sp³-hybridized carbons (Fsp3) is 0.909. The Balaban J connectivity index is 1.65. The monoisotopic (exact) mass is 196 g/mol. The van der Waals surface area contributed by atoms with Crippen LogP contribution in [0.4, 0.5) is 0 Å². The third kappa shape index (κ3) is 6.88. The van der Waals surface area contributed by atoms with Crippen LogP contribution in [0.2, 0.25) is 0 Å². The van der Waals surface area contributed by atoms with E-state index < -0.39 is 0 Å². The van der Waals surface area contributed by atoms with Crippen molar-refractivity contribution in [2.24, 2.45) is 5.92 Å². The Labute approximate surface area is 86.4 Å². The molecule has 0 aliphatic heterocycles. The summed E-state index contributed by atoms with van der Waals surface area (Å²) in [4.78, 5) is 0. The first-order chi connectivity index (χ1) is 6.93. The van der Waals surface area contributed by atoms with Gasteiger partial charge in [-0.1, -0.05) is 0 Å². The second-order valence-electron chi connectivity index (χ2n) is 3.88. The zero-order valence-electron chi connectivity index (χ0n) is 8.80. The van der Waals surface area contributed by atoms with Crippen molar-refractivity contribution >= 4 is 0 Å². The number of nitrogens with one attached hydrogen (secondary N) is 1. The fourth-order valence-corrected chi connectivity index (χ4v) is 1.26. The number of ether oxygens (including phenoxy) is 1. The summed E-state index contributed by atoms with van der Waals surface area (Å²) in [5.41, 5.74) is 0. The predicted octanol–water partition coefficient (Wildman–Crippen LogP) is 1.70. The van der Waals surface area contributed by atoms with Crippen molar-refractivity contribution in [2.75, 3.05) is 26.3 Å². The second kappa shape index (κ2) is 7.78. The first-order valence-corrected chi connectivity index (χ1v) is 5.59. The van der Waals surface area contributed by atoms with Crippen LogP contribution < -0.4 is 5.32 Å². The van der Waals surface area contributed by atoms with E-state index in [2.05, 4.69) is 11.4 Å². The molecule has 1 aliphatic carbocycles. The molecule has 14 heavy (non-hydrogen) atoms. The smallest absolute Gasteiger partial charge is 0.0621 e. The van der Waals surface area contributed by atoms with Crippen LogP contribution >= 0.6 is 0 Å². The van der Waals surface area contributed by atoms with Gasteiger partial charge in [0, 0.05) is 19.6 Å². The van der Waals surface area contributed by atoms with Gasteiger partial charge in [-0.15, -0.1) is 0 Å². The Bertz CT molecular complexity index is 173. The summed E-state index contributed by atoms with van der Waals surface area (Å²) in [6.07, 6.45) is 5.51. The maximum absolute atomic E-state index is 8.31. The molecular weight excluding hydrogens is 176 g/mol. The van der Waals surface area contributed by atoms with E-state index in [0.29, 0.717) is 6.42 Å². The van der Waals surface area contributed by atoms with Crippen molar-refractivity contribution in [1.82, 2.24) is 5.32 Å². The van der Waals surface area contributed by atoms with Crippen LogP contribution in [0.15, 0.2) is 0 Å². The highest BCUT2D eigenvalue weighted by Crippen LogP contribution is 2.28. The molecular formula is C11H20N2O. The van der Waals surface area contributed by atoms with E-state index in [0.717, 1.165) is 45.1 Å². The third-order valence-corrected chi connectivity index (χ3v) is 2.37. The number of rotatable bonds is 9. The number of nitrogens with zero attached hydrogens (tertiary/aromatic N) is 1. The molecule has 0 saturated heterocycles. The van der Waals surface area contributed by atoms with Crippen LogP contribution in [0.1, 0.15) is 32.1 Å². The normalized spacial score (nSPS) is 15.4. The minimum Gasteiger partial charge on any atom is -0.380 e. The van der Waals surface area contributed by atoms with Gasteiger partial charge in [0.05, 0.1) is 12.7 Å². The SMILES string of the molecule is N#CCCCCNCCOCC1CC1. The van der Waals surface area contributed by atoms with Gasteiger partial charge < -0.3 is 10.1 Å². The Hall–Kier alpha value is -0.590. The Morgan fingerprint density at radius 1 is 1.29 bits per heavy atom. The molecule has 3 heteroatoms. The summed E-state index contributed by atoms with van der Waals surface area (Å²) in [6, 6.07) is 2.15. The molecule has 0 radical (unpaired) electrons. The molecule has 0 aromatic heterocycles. The van der Waals surface area contributed by atoms with Gasteiger partial charge in [-0.3, -0.25) is 0 Å². The second-order valence-corrected chi connectivity index (χ2v) is 3.88. The highest BCUT2D eigenvalue weighted by Gasteiger charge is 2.20. The standard InChI is InChI=1S/C11H20N2O/c12-6-2-1-3-7-13-8-9-14-10-11-4-5-11/h11,13H,1-5,7-10H2. The topological polar surface area (TPSA) is 45.0 Å². The molecule has 3 nitrogen and oxygen atoms in total. The maximum Gasteiger partial charge on any atom is 0.0621 e. The summed E-state index contributed by atoms with van der Waals surface area (Å²) < 4.78 is 5.47. The fourth-order valence-electron chi connectivity index (χ4n) is 1.26. The van der Waals surface area contributed by atoms with E-state index in [4.69, 9.17) is 10.00 Å². The third-order valence-electron chi connectivity index (χ3n) is 2.37. The molecule has 80 valence electrons. The Morgan fingerprint density at radius 2 is 2.14 bits per heavy atom. The van der Waals surface area contributed by atoms with Crippen LogP contribution in [0.5, 0.6) is 0 Å². The molecule has 1 rings (SSSR count). The predicted molar refractivity (Wildman–Crippen MR) is 55.9 cm³/mol. The van der Waals surface area contributed by atoms with Crippen LogP contribution in [0.3, 0.4) is 0 Å². The summed E-state index contributed by atoms with van der Waals surface area (Å²) in [5, 5.41) is 11.6. The maximum atomic E-state index is 8.31. The van der Waals surface area contributed by atoms with Gasteiger partial charge in [-0.05, 0) is 38.1 Å². The van der Waals surface area contributed by atoms with Gasteiger partial charge in [0.1, 0.15) is 0 Å². The van der Waals surface area contributed by atoms with E-state index in [9.17, 15) is 0 Å². The summed E-state index contributed by atoms with van der Waals surface area (Å²) in [5.74, 6) is 0.866. The Kier molecular flexibility index (Phi) is 6.38. The van der Waals surface area contributed by atoms with Crippen molar-refractivity contribution < 1.29 is 4.74 Å². The summed E-state index contributed by atoms with van der Waals surface area (Å²) in [7, 11) is 0. The number of hydrogen-bond acceptors (Lipinski definition) is 3. The van der Waals surface area contributed by atoms with Gasteiger partial charge in [-0.25, -0.2) is 0 Å². The van der Waals surface area contributed by atoms with Gasteiger partial charge in [-0.2, -0.15) is 5.26 Å². The van der Waals surface area contributed by atoms with E-state index in [1.807, 2.05) is 0 Å². The van der Waals surface area contributed by atoms with Crippen molar-refractivity contribution in [3.8, 4) is 6.07 Å². The van der Waals surface area contributed by atoms with Crippen LogP contribution in [0.25, 0.3) is 0 Å². The molecule has 1 fully saturated rings. The van der Waals surface area contributed by atoms with Crippen LogP contribution in [0, 0.1) is 17.2 Å². The van der Waals surface area contributed by atoms with E-state index in [1.54, 1.807) is 0 Å². The zero-order valence-corrected chi connectivity index (χ0v) is 8.80. The van der Waals surface area contributed by atoms with E-state index in [1.165, 1.54) is 12.8 Å². The first kappa shape index (κ1) is 11.5. The molecule has 0 bridgehead atoms. The number of unbranched alkanes of at least 4 members (excludes halogenated alkanes) is 2. The minimum absolute atomic E-state index is 0.680. The summed E-state index contributed by atoms with van der Waals surface area (Å²) >= 11 is 0. The quantitative estimate of drug-likeness (QED) is 0.571. The molecule has 0 atom stereocenters. The minimum atomic E-state index is 0.680.